The number of hydrogen-bond acceptors (Lipinski definition) is 1. The van der Waals surface area contributed by atoms with Crippen molar-refractivity contribution in [3.8, 4) is 0 Å². The lowest BCUT2D eigenvalue weighted by molar-refractivity contribution is 0.481. The van der Waals surface area contributed by atoms with Crippen molar-refractivity contribution in [2.45, 2.75) is 34.1 Å². The van der Waals surface area contributed by atoms with Crippen molar-refractivity contribution in [3.05, 3.63) is 11.1 Å². The Hall–Kier alpha value is -0.590. The molecule has 0 saturated carbocycles. The highest BCUT2D eigenvalue weighted by Crippen LogP contribution is 2.39. The van der Waals surface area contributed by atoms with E-state index in [0.29, 0.717) is 0 Å². The van der Waals surface area contributed by atoms with Crippen LogP contribution in [0.15, 0.2) is 11.1 Å². The van der Waals surface area contributed by atoms with Crippen molar-refractivity contribution in [3.63, 3.8) is 0 Å². The van der Waals surface area contributed by atoms with E-state index in [1.165, 1.54) is 11.1 Å². The van der Waals surface area contributed by atoms with E-state index >= 15 is 0 Å². The zero-order valence-electron chi connectivity index (χ0n) is 7.21. The van der Waals surface area contributed by atoms with Crippen LogP contribution in [0.1, 0.15) is 34.1 Å². The zero-order valence-corrected chi connectivity index (χ0v) is 7.21. The monoisotopic (exact) mass is 137 g/mol. The van der Waals surface area contributed by atoms with Gasteiger partial charge in [-0.25, -0.2) is 0 Å². The molecule has 1 rings (SSSR count). The Morgan fingerprint density at radius 2 is 1.80 bits per heavy atom. The second-order valence-electron chi connectivity index (χ2n) is 3.79. The Kier molecular flexibility index (Phi) is 1.46. The molecule has 0 unspecified atom stereocenters. The van der Waals surface area contributed by atoms with Gasteiger partial charge in [0, 0.05) is 5.71 Å². The Morgan fingerprint density at radius 3 is 1.90 bits per heavy atom. The van der Waals surface area contributed by atoms with E-state index in [4.69, 9.17) is 5.41 Å². The van der Waals surface area contributed by atoms with Gasteiger partial charge >= 0.3 is 0 Å². The summed E-state index contributed by atoms with van der Waals surface area (Å²) in [6, 6.07) is 0. The normalized spacial score (nSPS) is 24.2. The van der Waals surface area contributed by atoms with E-state index in [2.05, 4.69) is 20.8 Å². The average molecular weight is 137 g/mol. The molecule has 1 heteroatoms. The first-order valence-electron chi connectivity index (χ1n) is 3.71. The van der Waals surface area contributed by atoms with Crippen molar-refractivity contribution in [2.24, 2.45) is 5.41 Å². The first kappa shape index (κ1) is 7.52. The number of allylic oxidation sites excluding steroid dienone is 2. The van der Waals surface area contributed by atoms with Gasteiger partial charge in [0.15, 0.2) is 0 Å². The summed E-state index contributed by atoms with van der Waals surface area (Å²) < 4.78 is 0. The maximum Gasteiger partial charge on any atom is 0.0351 e. The largest absolute Gasteiger partial charge is 0.305 e. The lowest BCUT2D eigenvalue weighted by Gasteiger charge is -2.18. The second-order valence-corrected chi connectivity index (χ2v) is 3.79. The smallest absolute Gasteiger partial charge is 0.0351 e. The standard InChI is InChI=1S/C9H15N/c1-6-7(2)9(3,4)5-8(6)10/h10H,5H2,1-4H3. The average Bonchev–Trinajstić information content (AvgIpc) is 1.95. The predicted molar refractivity (Wildman–Crippen MR) is 44.5 cm³/mol. The van der Waals surface area contributed by atoms with Crippen LogP contribution in [0.3, 0.4) is 0 Å². The summed E-state index contributed by atoms with van der Waals surface area (Å²) in [7, 11) is 0. The Bertz CT molecular complexity index is 209. The van der Waals surface area contributed by atoms with Gasteiger partial charge in [-0.05, 0) is 31.3 Å². The molecule has 10 heavy (non-hydrogen) atoms. The number of nitrogens with one attached hydrogen (secondary N) is 1. The number of hydrogen-bond donors (Lipinski definition) is 1. The molecular weight excluding hydrogens is 122 g/mol. The van der Waals surface area contributed by atoms with Crippen LogP contribution in [-0.2, 0) is 0 Å². The van der Waals surface area contributed by atoms with Crippen LogP contribution in [0.25, 0.3) is 0 Å². The van der Waals surface area contributed by atoms with Crippen molar-refractivity contribution >= 4 is 5.71 Å². The van der Waals surface area contributed by atoms with E-state index < -0.39 is 0 Å². The van der Waals surface area contributed by atoms with Gasteiger partial charge in [-0.3, -0.25) is 0 Å². The van der Waals surface area contributed by atoms with Crippen LogP contribution < -0.4 is 0 Å². The van der Waals surface area contributed by atoms with Crippen LogP contribution in [-0.4, -0.2) is 5.71 Å². The summed E-state index contributed by atoms with van der Waals surface area (Å²) >= 11 is 0. The third kappa shape index (κ3) is 0.898. The molecular formula is C9H15N. The summed E-state index contributed by atoms with van der Waals surface area (Å²) in [5, 5.41) is 7.58. The summed E-state index contributed by atoms with van der Waals surface area (Å²) in [6.07, 6.45) is 0.921. The van der Waals surface area contributed by atoms with Gasteiger partial charge < -0.3 is 5.41 Å². The van der Waals surface area contributed by atoms with Gasteiger partial charge in [0.05, 0.1) is 0 Å². The molecule has 0 aromatic heterocycles. The quantitative estimate of drug-likeness (QED) is 0.531. The Morgan fingerprint density at radius 1 is 1.30 bits per heavy atom. The highest BCUT2D eigenvalue weighted by atomic mass is 14.5. The molecule has 0 saturated heterocycles. The molecule has 0 spiro atoms. The van der Waals surface area contributed by atoms with E-state index in [-0.39, 0.29) is 5.41 Å². The van der Waals surface area contributed by atoms with Gasteiger partial charge in [-0.15, -0.1) is 0 Å². The molecule has 0 bridgehead atoms. The fourth-order valence-corrected chi connectivity index (χ4v) is 1.44. The summed E-state index contributed by atoms with van der Waals surface area (Å²) in [6.45, 7) is 8.59. The number of rotatable bonds is 0. The fourth-order valence-electron chi connectivity index (χ4n) is 1.44. The highest BCUT2D eigenvalue weighted by molar-refractivity contribution is 6.01. The van der Waals surface area contributed by atoms with Crippen LogP contribution >= 0.6 is 0 Å². The minimum atomic E-state index is 0.251. The third-order valence-corrected chi connectivity index (χ3v) is 2.65. The van der Waals surface area contributed by atoms with Gasteiger partial charge in [-0.2, -0.15) is 0 Å². The summed E-state index contributed by atoms with van der Waals surface area (Å²) in [5.41, 5.74) is 3.66. The third-order valence-electron chi connectivity index (χ3n) is 2.65. The lowest BCUT2D eigenvalue weighted by atomic mass is 9.86. The highest BCUT2D eigenvalue weighted by Gasteiger charge is 2.30. The molecule has 1 N–H and O–H groups in total. The maximum atomic E-state index is 7.58. The van der Waals surface area contributed by atoms with Gasteiger partial charge in [0.2, 0.25) is 0 Å². The molecule has 56 valence electrons. The molecule has 0 fully saturated rings. The van der Waals surface area contributed by atoms with Gasteiger partial charge in [-0.1, -0.05) is 19.4 Å². The zero-order chi connectivity index (χ0) is 7.94. The molecule has 1 nitrogen and oxygen atoms in total. The SMILES string of the molecule is CC1=C(C)C(C)(C)CC1=N. The summed E-state index contributed by atoms with van der Waals surface area (Å²) in [5.74, 6) is 0. The Balaban J connectivity index is 3.06. The van der Waals surface area contributed by atoms with Crippen LogP contribution in [0.5, 0.6) is 0 Å². The molecule has 0 amide bonds. The summed E-state index contributed by atoms with van der Waals surface area (Å²) in [4.78, 5) is 0. The minimum absolute atomic E-state index is 0.251. The maximum absolute atomic E-state index is 7.58. The van der Waals surface area contributed by atoms with E-state index in [0.717, 1.165) is 12.1 Å². The molecule has 0 atom stereocenters. The molecule has 0 aromatic carbocycles. The van der Waals surface area contributed by atoms with Crippen molar-refractivity contribution in [1.82, 2.24) is 0 Å². The van der Waals surface area contributed by atoms with Crippen LogP contribution in [0.4, 0.5) is 0 Å². The van der Waals surface area contributed by atoms with Crippen molar-refractivity contribution in [1.29, 1.82) is 5.41 Å². The molecule has 0 heterocycles. The fraction of sp³-hybridized carbons (Fsp3) is 0.667. The van der Waals surface area contributed by atoms with Crippen LogP contribution in [0.2, 0.25) is 0 Å². The lowest BCUT2D eigenvalue weighted by Crippen LogP contribution is -2.08. The second kappa shape index (κ2) is 1.94. The molecule has 0 aliphatic heterocycles. The Labute approximate surface area is 62.6 Å². The predicted octanol–water partition coefficient (Wildman–Crippen LogP) is 2.77. The topological polar surface area (TPSA) is 23.9 Å². The molecule has 0 radical (unpaired) electrons. The first-order chi connectivity index (χ1) is 4.45. The van der Waals surface area contributed by atoms with E-state index in [1.807, 2.05) is 6.92 Å². The minimum Gasteiger partial charge on any atom is -0.305 e. The molecule has 1 aliphatic rings. The van der Waals surface area contributed by atoms with Gasteiger partial charge in [0.25, 0.3) is 0 Å². The van der Waals surface area contributed by atoms with Crippen molar-refractivity contribution in [2.75, 3.05) is 0 Å². The van der Waals surface area contributed by atoms with E-state index in [1.54, 1.807) is 0 Å². The van der Waals surface area contributed by atoms with Crippen LogP contribution in [0, 0.1) is 10.8 Å². The first-order valence-corrected chi connectivity index (χ1v) is 3.71. The molecule has 1 aliphatic carbocycles. The van der Waals surface area contributed by atoms with E-state index in [9.17, 15) is 0 Å². The van der Waals surface area contributed by atoms with Crippen molar-refractivity contribution < 1.29 is 0 Å². The van der Waals surface area contributed by atoms with Gasteiger partial charge in [0.1, 0.15) is 0 Å². The molecule has 0 aromatic rings.